The van der Waals surface area contributed by atoms with Gasteiger partial charge in [0.05, 0.1) is 17.7 Å². The lowest BCUT2D eigenvalue weighted by molar-refractivity contribution is -0.130. The van der Waals surface area contributed by atoms with Crippen molar-refractivity contribution in [3.8, 4) is 0 Å². The molecule has 8 nitrogen and oxygen atoms in total. The van der Waals surface area contributed by atoms with Crippen molar-refractivity contribution in [1.82, 2.24) is 14.1 Å². The molecule has 0 aliphatic carbocycles. The highest BCUT2D eigenvalue weighted by molar-refractivity contribution is 7.76. The Bertz CT molecular complexity index is 1110. The van der Waals surface area contributed by atoms with Gasteiger partial charge in [-0.25, -0.2) is 17.9 Å². The molecule has 1 saturated heterocycles. The maximum absolute atomic E-state index is 14.7. The normalized spacial score (nSPS) is 16.3. The van der Waals surface area contributed by atoms with Gasteiger partial charge in [-0.2, -0.15) is 0 Å². The summed E-state index contributed by atoms with van der Waals surface area (Å²) in [6.07, 6.45) is 0. The van der Waals surface area contributed by atoms with Crippen LogP contribution in [0.25, 0.3) is 0 Å². The molecule has 12 heteroatoms. The molecule has 1 heterocycles. The second kappa shape index (κ2) is 12.0. The van der Waals surface area contributed by atoms with Crippen LogP contribution in [-0.2, 0) is 27.3 Å². The number of halogens is 3. The van der Waals surface area contributed by atoms with E-state index >= 15 is 0 Å². The fourth-order valence-corrected chi connectivity index (χ4v) is 4.68. The van der Waals surface area contributed by atoms with Gasteiger partial charge < -0.3 is 14.2 Å². The highest BCUT2D eigenvalue weighted by Gasteiger charge is 2.29. The van der Waals surface area contributed by atoms with Gasteiger partial charge in [-0.15, -0.1) is 0 Å². The molecule has 2 aromatic rings. The summed E-state index contributed by atoms with van der Waals surface area (Å²) in [5.41, 5.74) is 0.662. The Morgan fingerprint density at radius 3 is 2.37 bits per heavy atom. The molecule has 2 unspecified atom stereocenters. The third-order valence-corrected chi connectivity index (χ3v) is 6.93. The summed E-state index contributed by atoms with van der Waals surface area (Å²) in [5.74, 6) is -2.12. The van der Waals surface area contributed by atoms with Crippen LogP contribution < -0.4 is 0 Å². The monoisotopic (exact) mass is 528 g/mol. The average molecular weight is 529 g/mol. The molecule has 1 fully saturated rings. The zero-order chi connectivity index (χ0) is 25.7. The average Bonchev–Trinajstić information content (AvgIpc) is 2.83. The van der Waals surface area contributed by atoms with Crippen molar-refractivity contribution in [1.29, 1.82) is 0 Å². The van der Waals surface area contributed by atoms with Crippen molar-refractivity contribution >= 4 is 34.7 Å². The van der Waals surface area contributed by atoms with E-state index in [1.807, 2.05) is 4.90 Å². The number of hydrogen-bond donors (Lipinski definition) is 0. The Morgan fingerprint density at radius 2 is 1.83 bits per heavy atom. The summed E-state index contributed by atoms with van der Waals surface area (Å²) in [6.45, 7) is 2.94. The van der Waals surface area contributed by atoms with E-state index in [0.717, 1.165) is 10.4 Å². The Morgan fingerprint density at radius 1 is 1.14 bits per heavy atom. The van der Waals surface area contributed by atoms with E-state index in [2.05, 4.69) is 4.74 Å². The molecule has 2 atom stereocenters. The van der Waals surface area contributed by atoms with Crippen LogP contribution >= 0.6 is 11.6 Å². The van der Waals surface area contributed by atoms with Crippen LogP contribution in [0.1, 0.15) is 34.5 Å². The van der Waals surface area contributed by atoms with Crippen LogP contribution in [0.3, 0.4) is 0 Å². The number of nitrogens with zero attached hydrogens (tertiary/aromatic N) is 3. The van der Waals surface area contributed by atoms with Gasteiger partial charge in [0.25, 0.3) is 0 Å². The predicted molar refractivity (Wildman–Crippen MR) is 125 cm³/mol. The Kier molecular flexibility index (Phi) is 9.31. The minimum atomic E-state index is -2.72. The molecular formula is C23H25ClF2N3O5S-. The lowest BCUT2D eigenvalue weighted by Crippen LogP contribution is -2.51. The first-order valence-corrected chi connectivity index (χ1v) is 12.2. The molecule has 0 radical (unpaired) electrons. The number of carbonyl (C=O) groups is 2. The van der Waals surface area contributed by atoms with Gasteiger partial charge >= 0.3 is 5.97 Å². The van der Waals surface area contributed by atoms with Crippen LogP contribution in [0.4, 0.5) is 8.78 Å². The quantitative estimate of drug-likeness (QED) is 0.386. The number of methoxy groups -OCH3 is 1. The molecule has 3 rings (SSSR count). The first kappa shape index (κ1) is 27.2. The number of rotatable bonds is 8. The van der Waals surface area contributed by atoms with E-state index in [1.54, 1.807) is 4.90 Å². The molecule has 190 valence electrons. The second-order valence-electron chi connectivity index (χ2n) is 8.07. The lowest BCUT2D eigenvalue weighted by Gasteiger charge is -2.41. The van der Waals surface area contributed by atoms with E-state index in [1.165, 1.54) is 44.4 Å². The van der Waals surface area contributed by atoms with Crippen LogP contribution in [0, 0.1) is 11.6 Å². The maximum Gasteiger partial charge on any atom is 0.337 e. The van der Waals surface area contributed by atoms with Crippen LogP contribution in [0.2, 0.25) is 5.02 Å². The predicted octanol–water partition coefficient (Wildman–Crippen LogP) is 2.91. The van der Waals surface area contributed by atoms with Gasteiger partial charge in [0.2, 0.25) is 5.91 Å². The fraction of sp³-hybridized carbons (Fsp3) is 0.391. The van der Waals surface area contributed by atoms with Crippen molar-refractivity contribution < 1.29 is 31.9 Å². The third-order valence-electron chi connectivity index (χ3n) is 5.94. The summed E-state index contributed by atoms with van der Waals surface area (Å²) in [7, 11) is 1.18. The molecular weight excluding hydrogens is 504 g/mol. The van der Waals surface area contributed by atoms with Crippen molar-refractivity contribution in [2.75, 3.05) is 39.8 Å². The minimum Gasteiger partial charge on any atom is -0.760 e. The Balaban J connectivity index is 1.87. The third kappa shape index (κ3) is 6.83. The standard InChI is InChI=1S/C23H26ClF2N3O5S/c1-15(30)27-7-9-28(10-8-27)22(16-5-6-20(25)19(24)11-16)14-29(35(32)33)13-18-4-3-17(12-21(18)26)23(31)34-2/h3-6,11-12,22H,7-10,13-14H2,1-2H3,(H,32,33)/p-1. The molecule has 1 aliphatic rings. The first-order valence-electron chi connectivity index (χ1n) is 10.8. The second-order valence-corrected chi connectivity index (χ2v) is 9.43. The fourth-order valence-electron chi connectivity index (χ4n) is 3.98. The molecule has 0 aromatic heterocycles. The smallest absolute Gasteiger partial charge is 0.337 e. The number of amides is 1. The highest BCUT2D eigenvalue weighted by Crippen LogP contribution is 2.28. The number of esters is 1. The molecule has 35 heavy (non-hydrogen) atoms. The number of hydrogen-bond acceptors (Lipinski definition) is 6. The van der Waals surface area contributed by atoms with Crippen molar-refractivity contribution in [2.24, 2.45) is 0 Å². The van der Waals surface area contributed by atoms with Gasteiger partial charge in [0.1, 0.15) is 11.6 Å². The first-order chi connectivity index (χ1) is 16.6. The van der Waals surface area contributed by atoms with Crippen LogP contribution in [0.5, 0.6) is 0 Å². The number of carbonyl (C=O) groups excluding carboxylic acids is 2. The van der Waals surface area contributed by atoms with E-state index < -0.39 is 34.9 Å². The van der Waals surface area contributed by atoms with Crippen LogP contribution in [0.15, 0.2) is 36.4 Å². The molecule has 0 N–H and O–H groups in total. The van der Waals surface area contributed by atoms with E-state index in [0.29, 0.717) is 31.7 Å². The Labute approximate surface area is 209 Å². The topological polar surface area (TPSA) is 93.2 Å². The molecule has 2 aromatic carbocycles. The van der Waals surface area contributed by atoms with E-state index in [9.17, 15) is 27.1 Å². The zero-order valence-corrected chi connectivity index (χ0v) is 20.8. The van der Waals surface area contributed by atoms with Crippen molar-refractivity contribution in [3.05, 3.63) is 69.7 Å². The van der Waals surface area contributed by atoms with Gasteiger partial charge in [-0.05, 0) is 29.8 Å². The molecule has 0 saturated carbocycles. The van der Waals surface area contributed by atoms with Crippen LogP contribution in [-0.4, -0.2) is 74.6 Å². The summed E-state index contributed by atoms with van der Waals surface area (Å²) < 4.78 is 58.3. The SMILES string of the molecule is COC(=O)c1ccc(CN(CC(c2ccc(F)c(Cl)c2)N2CCN(C(C)=O)CC2)S(=O)[O-])c(F)c1. The maximum atomic E-state index is 14.7. The number of benzene rings is 2. The van der Waals surface area contributed by atoms with Gasteiger partial charge in [0.15, 0.2) is 0 Å². The number of piperazine rings is 1. The Hall–Kier alpha value is -2.44. The molecule has 0 spiro atoms. The largest absolute Gasteiger partial charge is 0.760 e. The molecule has 1 aliphatic heterocycles. The highest BCUT2D eigenvalue weighted by atomic mass is 35.5. The summed E-state index contributed by atoms with van der Waals surface area (Å²) in [6, 6.07) is 7.33. The molecule has 1 amide bonds. The van der Waals surface area contributed by atoms with Gasteiger partial charge in [-0.3, -0.25) is 13.9 Å². The van der Waals surface area contributed by atoms with Crippen molar-refractivity contribution in [2.45, 2.75) is 19.5 Å². The summed E-state index contributed by atoms with van der Waals surface area (Å²) in [4.78, 5) is 27.0. The number of ether oxygens (including phenoxy) is 1. The van der Waals surface area contributed by atoms with Gasteiger partial charge in [0, 0.05) is 69.1 Å². The van der Waals surface area contributed by atoms with E-state index in [-0.39, 0.29) is 35.1 Å². The minimum absolute atomic E-state index is 0.00530. The van der Waals surface area contributed by atoms with Gasteiger partial charge in [-0.1, -0.05) is 23.7 Å². The molecule has 0 bridgehead atoms. The van der Waals surface area contributed by atoms with Crippen molar-refractivity contribution in [3.63, 3.8) is 0 Å². The summed E-state index contributed by atoms with van der Waals surface area (Å²) >= 11 is 3.27. The summed E-state index contributed by atoms with van der Waals surface area (Å²) in [5, 5.41) is -0.103. The zero-order valence-electron chi connectivity index (χ0n) is 19.2. The lowest BCUT2D eigenvalue weighted by atomic mass is 10.0. The van der Waals surface area contributed by atoms with E-state index in [4.69, 9.17) is 11.6 Å².